The zero-order valence-corrected chi connectivity index (χ0v) is 16.9. The molecule has 1 aliphatic heterocycles. The second-order valence-electron chi connectivity index (χ2n) is 7.03. The van der Waals surface area contributed by atoms with Crippen LogP contribution in [0.4, 0.5) is 4.39 Å². The van der Waals surface area contributed by atoms with Gasteiger partial charge in [0.15, 0.2) is 9.84 Å². The Labute approximate surface area is 174 Å². The van der Waals surface area contributed by atoms with Gasteiger partial charge in [0.2, 0.25) is 5.91 Å². The molecule has 154 valence electrons. The number of aromatic nitrogens is 2. The maximum atomic E-state index is 13.4. The van der Waals surface area contributed by atoms with Crippen molar-refractivity contribution in [3.05, 3.63) is 78.3 Å². The van der Waals surface area contributed by atoms with E-state index in [1.54, 1.807) is 29.1 Å². The fraction of sp³-hybridized carbons (Fsp3) is 0.182. The second-order valence-corrected chi connectivity index (χ2v) is 9.33. The molecule has 0 bridgehead atoms. The summed E-state index contributed by atoms with van der Waals surface area (Å²) < 4.78 is 38.2. The number of nitrogens with zero attached hydrogens (tertiary/aromatic N) is 3. The van der Waals surface area contributed by atoms with Gasteiger partial charge in [0.1, 0.15) is 5.82 Å². The lowest BCUT2D eigenvalue weighted by Gasteiger charge is -2.25. The number of hydrogen-bond donors (Lipinski definition) is 0. The summed E-state index contributed by atoms with van der Waals surface area (Å²) in [6.07, 6.45) is 4.90. The van der Waals surface area contributed by atoms with Gasteiger partial charge in [-0.2, -0.15) is 5.10 Å². The number of carbonyl (C=O) groups is 1. The smallest absolute Gasteiger partial charge is 0.246 e. The lowest BCUT2D eigenvalue weighted by atomic mass is 10.1. The van der Waals surface area contributed by atoms with Gasteiger partial charge in [0.05, 0.1) is 22.9 Å². The van der Waals surface area contributed by atoms with Gasteiger partial charge >= 0.3 is 0 Å². The maximum Gasteiger partial charge on any atom is 0.246 e. The Kier molecular flexibility index (Phi) is 5.50. The van der Waals surface area contributed by atoms with E-state index in [9.17, 15) is 17.6 Å². The third kappa shape index (κ3) is 4.49. The molecule has 0 radical (unpaired) electrons. The average molecular weight is 425 g/mol. The lowest BCUT2D eigenvalue weighted by molar-refractivity contribution is -0.125. The minimum absolute atomic E-state index is 0.0145. The van der Waals surface area contributed by atoms with Crippen molar-refractivity contribution in [1.29, 1.82) is 0 Å². The highest BCUT2D eigenvalue weighted by atomic mass is 32.2. The van der Waals surface area contributed by atoms with Crippen LogP contribution < -0.4 is 0 Å². The van der Waals surface area contributed by atoms with Crippen molar-refractivity contribution >= 4 is 21.8 Å². The highest BCUT2D eigenvalue weighted by molar-refractivity contribution is 7.91. The van der Waals surface area contributed by atoms with Crippen molar-refractivity contribution in [2.45, 2.75) is 0 Å². The Morgan fingerprint density at radius 1 is 1.00 bits per heavy atom. The fourth-order valence-electron chi connectivity index (χ4n) is 3.25. The van der Waals surface area contributed by atoms with Gasteiger partial charge in [-0.3, -0.25) is 4.79 Å². The Balaban J connectivity index is 1.64. The highest BCUT2D eigenvalue weighted by Gasteiger charge is 2.23. The molecule has 0 saturated carbocycles. The van der Waals surface area contributed by atoms with Gasteiger partial charge in [-0.05, 0) is 42.5 Å². The Bertz CT molecular complexity index is 1170. The summed E-state index contributed by atoms with van der Waals surface area (Å²) in [5.74, 6) is -0.616. The van der Waals surface area contributed by atoms with E-state index in [1.807, 2.05) is 30.3 Å². The minimum atomic E-state index is -3.05. The van der Waals surface area contributed by atoms with E-state index in [4.69, 9.17) is 0 Å². The van der Waals surface area contributed by atoms with Crippen LogP contribution in [0.25, 0.3) is 23.0 Å². The Morgan fingerprint density at radius 2 is 1.67 bits per heavy atom. The number of carbonyl (C=O) groups excluding carboxylic acids is 1. The van der Waals surface area contributed by atoms with Crippen LogP contribution in [-0.2, 0) is 14.6 Å². The summed E-state index contributed by atoms with van der Waals surface area (Å²) in [6, 6.07) is 15.5. The molecule has 1 aromatic heterocycles. The number of sulfone groups is 1. The maximum absolute atomic E-state index is 13.4. The van der Waals surface area contributed by atoms with Crippen LogP contribution in [0.15, 0.2) is 66.9 Å². The van der Waals surface area contributed by atoms with E-state index in [0.29, 0.717) is 11.3 Å². The van der Waals surface area contributed by atoms with E-state index < -0.39 is 9.84 Å². The molecule has 2 aromatic carbocycles. The summed E-state index contributed by atoms with van der Waals surface area (Å²) in [5.41, 5.74) is 2.89. The van der Waals surface area contributed by atoms with E-state index >= 15 is 0 Å². The van der Waals surface area contributed by atoms with Gasteiger partial charge in [-0.15, -0.1) is 0 Å². The van der Waals surface area contributed by atoms with Crippen molar-refractivity contribution in [3.8, 4) is 16.9 Å². The van der Waals surface area contributed by atoms with Crippen molar-refractivity contribution < 1.29 is 17.6 Å². The normalized spacial score (nSPS) is 16.1. The molecule has 2 heterocycles. The van der Waals surface area contributed by atoms with Crippen molar-refractivity contribution in [1.82, 2.24) is 14.7 Å². The first kappa shape index (κ1) is 20.0. The number of rotatable bonds is 4. The predicted octanol–water partition coefficient (Wildman–Crippen LogP) is 2.95. The van der Waals surface area contributed by atoms with E-state index in [1.165, 1.54) is 23.1 Å². The van der Waals surface area contributed by atoms with Gasteiger partial charge in [-0.1, -0.05) is 18.2 Å². The van der Waals surface area contributed by atoms with Crippen molar-refractivity contribution in [2.75, 3.05) is 24.6 Å². The van der Waals surface area contributed by atoms with Crippen LogP contribution in [-0.4, -0.2) is 53.6 Å². The molecule has 6 nitrogen and oxygen atoms in total. The van der Waals surface area contributed by atoms with Gasteiger partial charge in [0, 0.05) is 36.5 Å². The number of benzene rings is 2. The summed E-state index contributed by atoms with van der Waals surface area (Å²) in [6.45, 7) is 0.388. The van der Waals surface area contributed by atoms with Crippen molar-refractivity contribution in [2.24, 2.45) is 0 Å². The van der Waals surface area contributed by atoms with E-state index in [0.717, 1.165) is 11.3 Å². The van der Waals surface area contributed by atoms with Crippen LogP contribution in [0.1, 0.15) is 5.56 Å². The molecular weight excluding hydrogens is 405 g/mol. The van der Waals surface area contributed by atoms with Gasteiger partial charge in [0.25, 0.3) is 0 Å². The number of hydrogen-bond acceptors (Lipinski definition) is 4. The molecule has 30 heavy (non-hydrogen) atoms. The van der Waals surface area contributed by atoms with Crippen LogP contribution >= 0.6 is 0 Å². The monoisotopic (exact) mass is 425 g/mol. The molecular formula is C22H20FN3O3S. The molecule has 0 aliphatic carbocycles. The van der Waals surface area contributed by atoms with Crippen LogP contribution in [0.3, 0.4) is 0 Å². The Morgan fingerprint density at radius 3 is 2.33 bits per heavy atom. The fourth-order valence-corrected chi connectivity index (χ4v) is 4.45. The second kappa shape index (κ2) is 8.23. The molecule has 0 N–H and O–H groups in total. The molecule has 0 atom stereocenters. The largest absolute Gasteiger partial charge is 0.337 e. The first-order chi connectivity index (χ1) is 14.4. The van der Waals surface area contributed by atoms with Crippen LogP contribution in [0.2, 0.25) is 0 Å². The molecule has 3 aromatic rings. The quantitative estimate of drug-likeness (QED) is 0.603. The molecule has 0 unspecified atom stereocenters. The predicted molar refractivity (Wildman–Crippen MR) is 113 cm³/mol. The van der Waals surface area contributed by atoms with Crippen molar-refractivity contribution in [3.63, 3.8) is 0 Å². The molecule has 1 aliphatic rings. The molecule has 4 rings (SSSR count). The highest BCUT2D eigenvalue weighted by Crippen LogP contribution is 2.25. The molecule has 1 fully saturated rings. The zero-order chi connectivity index (χ0) is 21.1. The summed E-state index contributed by atoms with van der Waals surface area (Å²) in [7, 11) is -3.05. The van der Waals surface area contributed by atoms with Crippen LogP contribution in [0.5, 0.6) is 0 Å². The number of halogens is 1. The summed E-state index contributed by atoms with van der Waals surface area (Å²) in [5, 5.41) is 4.63. The third-order valence-electron chi connectivity index (χ3n) is 4.94. The van der Waals surface area contributed by atoms with Gasteiger partial charge < -0.3 is 4.90 Å². The molecule has 8 heteroatoms. The summed E-state index contributed by atoms with van der Waals surface area (Å²) in [4.78, 5) is 14.0. The number of amides is 1. The molecule has 0 spiro atoms. The first-order valence-electron chi connectivity index (χ1n) is 9.50. The number of para-hydroxylation sites is 1. The summed E-state index contributed by atoms with van der Waals surface area (Å²) >= 11 is 0. The van der Waals surface area contributed by atoms with E-state index in [2.05, 4.69) is 5.10 Å². The lowest BCUT2D eigenvalue weighted by Crippen LogP contribution is -2.43. The topological polar surface area (TPSA) is 72.3 Å². The standard InChI is InChI=1S/C22H20FN3O3S/c23-19-9-6-17(7-10-19)22-18(16-26(24-22)20-4-2-1-3-5-20)8-11-21(27)25-12-14-30(28,29)15-13-25/h1-11,16H,12-15H2/b11-8+. The van der Waals surface area contributed by atoms with Crippen LogP contribution in [0, 0.1) is 5.82 Å². The first-order valence-corrected chi connectivity index (χ1v) is 11.3. The Hall–Kier alpha value is -3.26. The molecule has 1 amide bonds. The average Bonchev–Trinajstić information content (AvgIpc) is 3.17. The van der Waals surface area contributed by atoms with Gasteiger partial charge in [-0.25, -0.2) is 17.5 Å². The zero-order valence-electron chi connectivity index (χ0n) is 16.1. The molecule has 1 saturated heterocycles. The minimum Gasteiger partial charge on any atom is -0.337 e. The SMILES string of the molecule is O=C(/C=C/c1cn(-c2ccccc2)nc1-c1ccc(F)cc1)N1CCS(=O)(=O)CC1. The third-order valence-corrected chi connectivity index (χ3v) is 6.55. The van der Waals surface area contributed by atoms with E-state index in [-0.39, 0.29) is 36.3 Å².